The summed E-state index contributed by atoms with van der Waals surface area (Å²) >= 11 is 0. The molecule has 1 aliphatic heterocycles. The van der Waals surface area contributed by atoms with E-state index in [0.29, 0.717) is 26.1 Å². The number of hydrogen-bond acceptors (Lipinski definition) is 3. The quantitative estimate of drug-likeness (QED) is 0.832. The molecule has 126 valence electrons. The summed E-state index contributed by atoms with van der Waals surface area (Å²) in [5, 5.41) is 2.88. The van der Waals surface area contributed by atoms with Crippen molar-refractivity contribution in [2.24, 2.45) is 0 Å². The molecule has 1 heterocycles. The molecule has 0 radical (unpaired) electrons. The zero-order valence-corrected chi connectivity index (χ0v) is 14.0. The summed E-state index contributed by atoms with van der Waals surface area (Å²) in [6.45, 7) is 5.97. The van der Waals surface area contributed by atoms with E-state index in [-0.39, 0.29) is 17.9 Å². The number of nitrogens with zero attached hydrogens (tertiary/aromatic N) is 1. The Morgan fingerprint density at radius 2 is 2.04 bits per heavy atom. The second-order valence-corrected chi connectivity index (χ2v) is 6.11. The largest absolute Gasteiger partial charge is 0.376 e. The molecule has 0 bridgehead atoms. The first kappa shape index (κ1) is 17.5. The number of carbonyl (C=O) groups excluding carboxylic acids is 2. The van der Waals surface area contributed by atoms with E-state index >= 15 is 0 Å². The molecule has 1 aromatic rings. The fourth-order valence-corrected chi connectivity index (χ4v) is 2.70. The number of ether oxygens (including phenoxy) is 1. The van der Waals surface area contributed by atoms with Gasteiger partial charge in [-0.25, -0.2) is 0 Å². The molecule has 0 aromatic heterocycles. The molecule has 23 heavy (non-hydrogen) atoms. The monoisotopic (exact) mass is 318 g/mol. The van der Waals surface area contributed by atoms with E-state index in [0.717, 1.165) is 25.0 Å². The average molecular weight is 318 g/mol. The van der Waals surface area contributed by atoms with Crippen LogP contribution in [0.5, 0.6) is 0 Å². The van der Waals surface area contributed by atoms with E-state index in [9.17, 15) is 9.59 Å². The molecule has 1 aliphatic rings. The van der Waals surface area contributed by atoms with E-state index in [2.05, 4.69) is 5.32 Å². The van der Waals surface area contributed by atoms with Gasteiger partial charge in [-0.15, -0.1) is 0 Å². The van der Waals surface area contributed by atoms with Gasteiger partial charge in [0.15, 0.2) is 0 Å². The normalized spacial score (nSPS) is 17.0. The van der Waals surface area contributed by atoms with Crippen molar-refractivity contribution in [2.75, 3.05) is 26.2 Å². The lowest BCUT2D eigenvalue weighted by Gasteiger charge is -2.24. The van der Waals surface area contributed by atoms with Crippen LogP contribution in [0.2, 0.25) is 0 Å². The van der Waals surface area contributed by atoms with Gasteiger partial charge in [-0.2, -0.15) is 0 Å². The maximum Gasteiger partial charge on any atom is 0.224 e. The van der Waals surface area contributed by atoms with Crippen LogP contribution in [0.25, 0.3) is 0 Å². The van der Waals surface area contributed by atoms with E-state index in [4.69, 9.17) is 4.74 Å². The van der Waals surface area contributed by atoms with Crippen molar-refractivity contribution in [1.29, 1.82) is 0 Å². The fourth-order valence-electron chi connectivity index (χ4n) is 2.70. The summed E-state index contributed by atoms with van der Waals surface area (Å²) in [6, 6.07) is 7.94. The first-order valence-electron chi connectivity index (χ1n) is 8.24. The predicted molar refractivity (Wildman–Crippen MR) is 89.1 cm³/mol. The number of hydrogen-bond donors (Lipinski definition) is 1. The molecule has 0 saturated carbocycles. The van der Waals surface area contributed by atoms with Crippen LogP contribution in [0.3, 0.4) is 0 Å². The minimum Gasteiger partial charge on any atom is -0.376 e. The minimum absolute atomic E-state index is 0.0190. The van der Waals surface area contributed by atoms with Gasteiger partial charge in [-0.3, -0.25) is 9.59 Å². The first-order chi connectivity index (χ1) is 11.0. The first-order valence-corrected chi connectivity index (χ1v) is 8.24. The Morgan fingerprint density at radius 1 is 1.30 bits per heavy atom. The highest BCUT2D eigenvalue weighted by atomic mass is 16.5. The summed E-state index contributed by atoms with van der Waals surface area (Å²) in [6.07, 6.45) is 2.57. The average Bonchev–Trinajstić information content (AvgIpc) is 3.01. The van der Waals surface area contributed by atoms with Gasteiger partial charge in [0.1, 0.15) is 0 Å². The van der Waals surface area contributed by atoms with E-state index in [1.165, 1.54) is 5.56 Å². The smallest absolute Gasteiger partial charge is 0.224 e. The number of aryl methyl sites for hydroxylation is 1. The summed E-state index contributed by atoms with van der Waals surface area (Å²) in [7, 11) is 0. The molecule has 0 spiro atoms. The maximum atomic E-state index is 12.0. The van der Waals surface area contributed by atoms with Crippen molar-refractivity contribution in [2.45, 2.75) is 39.2 Å². The lowest BCUT2D eigenvalue weighted by molar-refractivity contribution is -0.131. The van der Waals surface area contributed by atoms with Gasteiger partial charge in [0.05, 0.1) is 12.5 Å². The van der Waals surface area contributed by atoms with Gasteiger partial charge >= 0.3 is 0 Å². The van der Waals surface area contributed by atoms with Gasteiger partial charge in [0.25, 0.3) is 0 Å². The predicted octanol–water partition coefficient (Wildman–Crippen LogP) is 1.68. The van der Waals surface area contributed by atoms with Crippen LogP contribution < -0.4 is 5.32 Å². The Morgan fingerprint density at radius 3 is 2.65 bits per heavy atom. The second kappa shape index (κ2) is 8.67. The number of amides is 2. The Bertz CT molecular complexity index is 522. The third-order valence-electron chi connectivity index (χ3n) is 4.08. The molecular formula is C18H26N2O3. The van der Waals surface area contributed by atoms with Crippen molar-refractivity contribution in [1.82, 2.24) is 10.2 Å². The van der Waals surface area contributed by atoms with Crippen molar-refractivity contribution in [3.05, 3.63) is 35.4 Å². The van der Waals surface area contributed by atoms with Crippen LogP contribution in [0, 0.1) is 6.92 Å². The summed E-state index contributed by atoms with van der Waals surface area (Å²) < 4.78 is 5.57. The molecule has 1 saturated heterocycles. The molecule has 5 heteroatoms. The summed E-state index contributed by atoms with van der Waals surface area (Å²) in [4.78, 5) is 25.4. The van der Waals surface area contributed by atoms with Crippen LogP contribution in [-0.2, 0) is 20.7 Å². The van der Waals surface area contributed by atoms with Crippen molar-refractivity contribution >= 4 is 11.8 Å². The molecule has 5 nitrogen and oxygen atoms in total. The maximum absolute atomic E-state index is 12.0. The summed E-state index contributed by atoms with van der Waals surface area (Å²) in [5.74, 6) is 0.00255. The van der Waals surface area contributed by atoms with E-state index in [1.807, 2.05) is 31.2 Å². The van der Waals surface area contributed by atoms with Gasteiger partial charge in [0.2, 0.25) is 11.8 Å². The molecule has 2 rings (SSSR count). The highest BCUT2D eigenvalue weighted by Gasteiger charge is 2.20. The van der Waals surface area contributed by atoms with Crippen molar-refractivity contribution < 1.29 is 14.3 Å². The molecule has 1 atom stereocenters. The Hall–Kier alpha value is -1.88. The molecule has 1 unspecified atom stereocenters. The standard InChI is InChI=1S/C18H26N2O3/c1-14-5-7-16(8-6-14)12-18(22)19-9-10-20(15(2)21)13-17-4-3-11-23-17/h5-8,17H,3-4,9-13H2,1-2H3,(H,19,22). The van der Waals surface area contributed by atoms with Gasteiger partial charge in [-0.05, 0) is 25.3 Å². The zero-order valence-electron chi connectivity index (χ0n) is 14.0. The minimum atomic E-state index is -0.0190. The van der Waals surface area contributed by atoms with Gasteiger partial charge in [0, 0.05) is 33.2 Å². The lowest BCUT2D eigenvalue weighted by atomic mass is 10.1. The Labute approximate surface area is 138 Å². The zero-order chi connectivity index (χ0) is 16.7. The second-order valence-electron chi connectivity index (χ2n) is 6.11. The van der Waals surface area contributed by atoms with Gasteiger partial charge < -0.3 is 15.0 Å². The third-order valence-corrected chi connectivity index (χ3v) is 4.08. The molecule has 1 aromatic carbocycles. The number of benzene rings is 1. The highest BCUT2D eigenvalue weighted by molar-refractivity contribution is 5.78. The van der Waals surface area contributed by atoms with Crippen LogP contribution >= 0.6 is 0 Å². The van der Waals surface area contributed by atoms with Crippen LogP contribution in [0.15, 0.2) is 24.3 Å². The highest BCUT2D eigenvalue weighted by Crippen LogP contribution is 2.13. The third kappa shape index (κ3) is 6.02. The fraction of sp³-hybridized carbons (Fsp3) is 0.556. The molecule has 1 N–H and O–H groups in total. The number of nitrogens with one attached hydrogen (secondary N) is 1. The Balaban J connectivity index is 1.71. The lowest BCUT2D eigenvalue weighted by Crippen LogP contribution is -2.41. The number of carbonyl (C=O) groups is 2. The van der Waals surface area contributed by atoms with Crippen molar-refractivity contribution in [3.63, 3.8) is 0 Å². The SMILES string of the molecule is CC(=O)N(CCNC(=O)Cc1ccc(C)cc1)CC1CCCO1. The Kier molecular flexibility index (Phi) is 6.59. The van der Waals surface area contributed by atoms with Crippen molar-refractivity contribution in [3.8, 4) is 0 Å². The molecular weight excluding hydrogens is 292 g/mol. The topological polar surface area (TPSA) is 58.6 Å². The van der Waals surface area contributed by atoms with Gasteiger partial charge in [-0.1, -0.05) is 29.8 Å². The molecule has 2 amide bonds. The molecule has 0 aliphatic carbocycles. The summed E-state index contributed by atoms with van der Waals surface area (Å²) in [5.41, 5.74) is 2.18. The van der Waals surface area contributed by atoms with Crippen LogP contribution in [-0.4, -0.2) is 49.1 Å². The number of rotatable bonds is 7. The van der Waals surface area contributed by atoms with E-state index < -0.39 is 0 Å². The van der Waals surface area contributed by atoms with E-state index in [1.54, 1.807) is 11.8 Å². The van der Waals surface area contributed by atoms with Crippen LogP contribution in [0.4, 0.5) is 0 Å². The molecule has 1 fully saturated rings. The van der Waals surface area contributed by atoms with Crippen LogP contribution in [0.1, 0.15) is 30.9 Å².